The van der Waals surface area contributed by atoms with Gasteiger partial charge in [-0.1, -0.05) is 62.4 Å². The Morgan fingerprint density at radius 2 is 1.20 bits per heavy atom. The summed E-state index contributed by atoms with van der Waals surface area (Å²) >= 11 is 0. The SMILES string of the molecule is CCCOC1=Cc2ccccc2C1NC(=O)NC1C(OCCC)=Cc2ccccc21. The van der Waals surface area contributed by atoms with Crippen LogP contribution in [0.5, 0.6) is 0 Å². The summed E-state index contributed by atoms with van der Waals surface area (Å²) in [6, 6.07) is 15.2. The monoisotopic (exact) mass is 404 g/mol. The number of fused-ring (bicyclic) bond motifs is 2. The average Bonchev–Trinajstić information content (AvgIpc) is 3.29. The van der Waals surface area contributed by atoms with E-state index in [2.05, 4.69) is 24.5 Å². The quantitative estimate of drug-likeness (QED) is 0.625. The molecule has 5 heteroatoms. The zero-order chi connectivity index (χ0) is 20.9. The van der Waals surface area contributed by atoms with Crippen LogP contribution in [0.15, 0.2) is 60.0 Å². The third kappa shape index (κ3) is 4.06. The first-order valence-electron chi connectivity index (χ1n) is 10.6. The van der Waals surface area contributed by atoms with E-state index in [0.29, 0.717) is 13.2 Å². The molecule has 2 amide bonds. The Labute approximate surface area is 177 Å². The molecule has 30 heavy (non-hydrogen) atoms. The van der Waals surface area contributed by atoms with Gasteiger partial charge < -0.3 is 20.1 Å². The highest BCUT2D eigenvalue weighted by molar-refractivity contribution is 5.79. The lowest BCUT2D eigenvalue weighted by Crippen LogP contribution is -2.40. The van der Waals surface area contributed by atoms with Gasteiger partial charge in [-0.2, -0.15) is 0 Å². The van der Waals surface area contributed by atoms with Crippen LogP contribution in [0.2, 0.25) is 0 Å². The minimum absolute atomic E-state index is 0.254. The van der Waals surface area contributed by atoms with E-state index in [4.69, 9.17) is 9.47 Å². The Kier molecular flexibility index (Phi) is 6.07. The lowest BCUT2D eigenvalue weighted by molar-refractivity contribution is 0.180. The van der Waals surface area contributed by atoms with E-state index in [1.807, 2.05) is 60.7 Å². The molecule has 0 radical (unpaired) electrons. The van der Waals surface area contributed by atoms with Crippen molar-refractivity contribution in [2.24, 2.45) is 0 Å². The lowest BCUT2D eigenvalue weighted by atomic mass is 10.1. The number of carbonyl (C=O) groups is 1. The molecule has 2 atom stereocenters. The van der Waals surface area contributed by atoms with Crippen molar-refractivity contribution in [3.8, 4) is 0 Å². The fourth-order valence-corrected chi connectivity index (χ4v) is 3.88. The van der Waals surface area contributed by atoms with Crippen LogP contribution >= 0.6 is 0 Å². The molecule has 0 aromatic heterocycles. The summed E-state index contributed by atoms with van der Waals surface area (Å²) in [5.41, 5.74) is 4.24. The normalized spacial score (nSPS) is 18.7. The number of rotatable bonds is 8. The van der Waals surface area contributed by atoms with E-state index in [9.17, 15) is 4.79 Å². The van der Waals surface area contributed by atoms with Crippen molar-refractivity contribution in [1.82, 2.24) is 10.6 Å². The van der Waals surface area contributed by atoms with E-state index in [1.54, 1.807) is 0 Å². The Hall–Kier alpha value is -3.21. The van der Waals surface area contributed by atoms with Gasteiger partial charge in [0.2, 0.25) is 0 Å². The summed E-state index contributed by atoms with van der Waals surface area (Å²) in [6.07, 6.45) is 5.84. The Bertz CT molecular complexity index is 902. The average molecular weight is 405 g/mol. The van der Waals surface area contributed by atoms with Gasteiger partial charge in [0.1, 0.15) is 23.6 Å². The zero-order valence-electron chi connectivity index (χ0n) is 17.5. The standard InChI is InChI=1S/C25H28N2O3/c1-3-13-29-21-15-17-9-5-7-11-19(17)23(21)26-25(28)27-24-20-12-8-6-10-18(20)16-22(24)30-14-4-2/h5-12,15-16,23-24H,3-4,13-14H2,1-2H3,(H2,26,27,28). The molecule has 156 valence electrons. The van der Waals surface area contributed by atoms with E-state index >= 15 is 0 Å². The van der Waals surface area contributed by atoms with Gasteiger partial charge in [0.15, 0.2) is 0 Å². The van der Waals surface area contributed by atoms with E-state index in [-0.39, 0.29) is 18.1 Å². The summed E-state index contributed by atoms with van der Waals surface area (Å²) in [5, 5.41) is 6.20. The molecule has 2 aromatic carbocycles. The van der Waals surface area contributed by atoms with Crippen LogP contribution in [0.25, 0.3) is 12.2 Å². The topological polar surface area (TPSA) is 59.6 Å². The number of ether oxygens (including phenoxy) is 2. The Morgan fingerprint density at radius 3 is 1.63 bits per heavy atom. The maximum absolute atomic E-state index is 13.0. The molecule has 2 aliphatic rings. The molecule has 0 fully saturated rings. The van der Waals surface area contributed by atoms with Crippen LogP contribution in [0, 0.1) is 0 Å². The Morgan fingerprint density at radius 1 is 0.767 bits per heavy atom. The van der Waals surface area contributed by atoms with Crippen molar-refractivity contribution < 1.29 is 14.3 Å². The second-order valence-corrected chi connectivity index (χ2v) is 7.53. The third-order valence-electron chi connectivity index (χ3n) is 5.28. The van der Waals surface area contributed by atoms with Gasteiger partial charge in [0.25, 0.3) is 0 Å². The maximum atomic E-state index is 13.0. The number of carbonyl (C=O) groups excluding carboxylic acids is 1. The number of benzene rings is 2. The summed E-state index contributed by atoms with van der Waals surface area (Å²) in [5.74, 6) is 1.55. The predicted octanol–water partition coefficient (Wildman–Crippen LogP) is 5.33. The van der Waals surface area contributed by atoms with Crippen molar-refractivity contribution in [3.05, 3.63) is 82.3 Å². The second kappa shape index (κ2) is 9.08. The molecule has 2 N–H and O–H groups in total. The van der Waals surface area contributed by atoms with Crippen molar-refractivity contribution in [1.29, 1.82) is 0 Å². The largest absolute Gasteiger partial charge is 0.495 e. The first-order chi connectivity index (χ1) is 14.7. The molecule has 0 saturated heterocycles. The third-order valence-corrected chi connectivity index (χ3v) is 5.28. The van der Waals surface area contributed by atoms with E-state index in [0.717, 1.165) is 46.6 Å². The number of hydrogen-bond donors (Lipinski definition) is 2. The summed E-state index contributed by atoms with van der Waals surface area (Å²) in [7, 11) is 0. The maximum Gasteiger partial charge on any atom is 0.316 e. The molecule has 2 unspecified atom stereocenters. The molecular weight excluding hydrogens is 376 g/mol. The van der Waals surface area contributed by atoms with Gasteiger partial charge in [-0.05, 0) is 47.2 Å². The van der Waals surface area contributed by atoms with Crippen LogP contribution in [0.1, 0.15) is 61.0 Å². The molecule has 0 heterocycles. The minimum Gasteiger partial charge on any atom is -0.495 e. The highest BCUT2D eigenvalue weighted by Gasteiger charge is 2.31. The molecule has 4 rings (SSSR count). The molecule has 2 aromatic rings. The smallest absolute Gasteiger partial charge is 0.316 e. The molecule has 0 saturated carbocycles. The first-order valence-corrected chi connectivity index (χ1v) is 10.6. The number of hydrogen-bond acceptors (Lipinski definition) is 3. The van der Waals surface area contributed by atoms with Gasteiger partial charge in [0, 0.05) is 0 Å². The highest BCUT2D eigenvalue weighted by atomic mass is 16.5. The van der Waals surface area contributed by atoms with Gasteiger partial charge in [-0.3, -0.25) is 0 Å². The van der Waals surface area contributed by atoms with Gasteiger partial charge in [-0.15, -0.1) is 0 Å². The summed E-state index contributed by atoms with van der Waals surface area (Å²) in [6.45, 7) is 5.37. The van der Waals surface area contributed by atoms with Crippen LogP contribution in [-0.4, -0.2) is 19.2 Å². The van der Waals surface area contributed by atoms with Crippen molar-refractivity contribution in [2.75, 3.05) is 13.2 Å². The summed E-state index contributed by atoms with van der Waals surface area (Å²) < 4.78 is 11.9. The van der Waals surface area contributed by atoms with Crippen LogP contribution in [0.3, 0.4) is 0 Å². The van der Waals surface area contributed by atoms with E-state index < -0.39 is 0 Å². The summed E-state index contributed by atoms with van der Waals surface area (Å²) in [4.78, 5) is 13.0. The molecule has 0 spiro atoms. The molecule has 2 aliphatic carbocycles. The lowest BCUT2D eigenvalue weighted by Gasteiger charge is -2.23. The number of urea groups is 1. The van der Waals surface area contributed by atoms with Crippen molar-refractivity contribution in [3.63, 3.8) is 0 Å². The molecule has 5 nitrogen and oxygen atoms in total. The molecular formula is C25H28N2O3. The fourth-order valence-electron chi connectivity index (χ4n) is 3.88. The van der Waals surface area contributed by atoms with Crippen LogP contribution in [0.4, 0.5) is 4.79 Å². The fraction of sp³-hybridized carbons (Fsp3) is 0.320. The van der Waals surface area contributed by atoms with Crippen molar-refractivity contribution in [2.45, 2.75) is 38.8 Å². The van der Waals surface area contributed by atoms with Gasteiger partial charge >= 0.3 is 6.03 Å². The van der Waals surface area contributed by atoms with Crippen molar-refractivity contribution >= 4 is 18.2 Å². The second-order valence-electron chi connectivity index (χ2n) is 7.53. The molecule has 0 bridgehead atoms. The zero-order valence-corrected chi connectivity index (χ0v) is 17.5. The number of amides is 2. The number of nitrogens with one attached hydrogen (secondary N) is 2. The minimum atomic E-state index is -0.298. The first kappa shape index (κ1) is 20.1. The van der Waals surface area contributed by atoms with Crippen LogP contribution in [-0.2, 0) is 9.47 Å². The van der Waals surface area contributed by atoms with Crippen LogP contribution < -0.4 is 10.6 Å². The Balaban J connectivity index is 1.50. The molecule has 0 aliphatic heterocycles. The van der Waals surface area contributed by atoms with Gasteiger partial charge in [0.05, 0.1) is 13.2 Å². The van der Waals surface area contributed by atoms with E-state index in [1.165, 1.54) is 0 Å². The predicted molar refractivity (Wildman–Crippen MR) is 118 cm³/mol. The highest BCUT2D eigenvalue weighted by Crippen LogP contribution is 2.37. The van der Waals surface area contributed by atoms with Gasteiger partial charge in [-0.25, -0.2) is 4.79 Å².